The second-order valence-electron chi connectivity index (χ2n) is 13.2. The second-order valence-corrected chi connectivity index (χ2v) is 13.2. The van der Waals surface area contributed by atoms with Gasteiger partial charge in [0, 0.05) is 44.9 Å². The summed E-state index contributed by atoms with van der Waals surface area (Å²) in [6.45, 7) is 4.20. The van der Waals surface area contributed by atoms with Gasteiger partial charge >= 0.3 is 5.97 Å². The second kappa shape index (κ2) is 21.3. The Morgan fingerprint density at radius 2 is 1.58 bits per heavy atom. The van der Waals surface area contributed by atoms with Crippen LogP contribution in [0.4, 0.5) is 16.3 Å². The molecule has 53 heavy (non-hydrogen) atoms. The molecule has 10 heteroatoms. The number of anilines is 2. The predicted molar refractivity (Wildman–Crippen MR) is 212 cm³/mol. The number of piperidine rings is 1. The number of hydrogen-bond acceptors (Lipinski definition) is 8. The van der Waals surface area contributed by atoms with Crippen molar-refractivity contribution in [3.63, 3.8) is 0 Å². The summed E-state index contributed by atoms with van der Waals surface area (Å²) in [5, 5.41) is 0. The van der Waals surface area contributed by atoms with Gasteiger partial charge in [0.05, 0.1) is 17.6 Å². The zero-order valence-electron chi connectivity index (χ0n) is 31.2. The number of aromatic nitrogens is 4. The van der Waals surface area contributed by atoms with E-state index in [1.165, 1.54) is 12.1 Å². The van der Waals surface area contributed by atoms with Gasteiger partial charge in [-0.15, -0.1) is 0 Å². The van der Waals surface area contributed by atoms with Gasteiger partial charge in [-0.25, -0.2) is 14.4 Å². The van der Waals surface area contributed by atoms with Crippen LogP contribution in [0.15, 0.2) is 109 Å². The van der Waals surface area contributed by atoms with Gasteiger partial charge in [0.2, 0.25) is 24.6 Å². The number of imidazole rings is 1. The molecule has 4 aromatic rings. The first-order valence-electron chi connectivity index (χ1n) is 18.9. The summed E-state index contributed by atoms with van der Waals surface area (Å²) in [6, 6.07) is 16.7. The molecule has 1 aliphatic heterocycles. The van der Waals surface area contributed by atoms with Gasteiger partial charge in [0.15, 0.2) is 0 Å². The van der Waals surface area contributed by atoms with Crippen molar-refractivity contribution in [2.24, 2.45) is 0 Å². The topological polar surface area (TPSA) is 85.6 Å². The van der Waals surface area contributed by atoms with E-state index in [1.54, 1.807) is 12.3 Å². The third-order valence-electron chi connectivity index (χ3n) is 9.26. The van der Waals surface area contributed by atoms with E-state index in [4.69, 9.17) is 14.5 Å². The number of rotatable bonds is 20. The lowest BCUT2D eigenvalue weighted by Crippen LogP contribution is -2.44. The largest absolute Gasteiger partial charge is 0.440 e. The molecule has 0 saturated carbocycles. The highest BCUT2D eigenvalue weighted by molar-refractivity contribution is 5.79. The van der Waals surface area contributed by atoms with Crippen LogP contribution in [0, 0.1) is 5.82 Å². The number of nitrogens with zero attached hydrogens (tertiary/aromatic N) is 6. The molecule has 0 N–H and O–H groups in total. The molecule has 0 spiro atoms. The summed E-state index contributed by atoms with van der Waals surface area (Å²) >= 11 is 0. The monoisotopic (exact) mass is 720 g/mol. The molecule has 0 amide bonds. The number of halogens is 1. The number of unbranched alkanes of at least 4 members (excludes halogenated alkanes) is 2. The SMILES string of the molecule is CCC=CCC=CCC=CCC=CCCCCC(=O)OCOc1ccnc(N(C)C2CCN(c3nc4ccccc4n3Cc3ccc(F)cc3)CC2)n1. The van der Waals surface area contributed by atoms with Gasteiger partial charge < -0.3 is 23.8 Å². The molecular formula is C43H53FN6O3. The first kappa shape index (κ1) is 39.0. The summed E-state index contributed by atoms with van der Waals surface area (Å²) in [5.74, 6) is 1.33. The molecule has 0 bridgehead atoms. The minimum absolute atomic E-state index is 0.187. The van der Waals surface area contributed by atoms with Crippen LogP contribution in [0.3, 0.4) is 0 Å². The van der Waals surface area contributed by atoms with Crippen molar-refractivity contribution in [3.05, 3.63) is 121 Å². The number of allylic oxidation sites excluding steroid dienone is 8. The van der Waals surface area contributed by atoms with Crippen LogP contribution >= 0.6 is 0 Å². The molecule has 0 unspecified atom stereocenters. The van der Waals surface area contributed by atoms with Crippen molar-refractivity contribution in [1.82, 2.24) is 19.5 Å². The van der Waals surface area contributed by atoms with Crippen LogP contribution in [0.2, 0.25) is 0 Å². The minimum Gasteiger partial charge on any atom is -0.440 e. The highest BCUT2D eigenvalue weighted by Gasteiger charge is 2.27. The molecule has 3 heterocycles. The Bertz CT molecular complexity index is 1830. The summed E-state index contributed by atoms with van der Waals surface area (Å²) < 4.78 is 26.8. The maximum Gasteiger partial charge on any atom is 0.308 e. The van der Waals surface area contributed by atoms with Gasteiger partial charge in [-0.1, -0.05) is 79.8 Å². The lowest BCUT2D eigenvalue weighted by molar-refractivity contribution is -0.150. The number of benzene rings is 2. The molecule has 2 aromatic carbocycles. The number of ether oxygens (including phenoxy) is 2. The van der Waals surface area contributed by atoms with Gasteiger partial charge in [-0.05, 0) is 87.6 Å². The maximum absolute atomic E-state index is 13.6. The molecule has 1 fully saturated rings. The highest BCUT2D eigenvalue weighted by Crippen LogP contribution is 2.28. The number of carbonyl (C=O) groups excluding carboxylic acids is 1. The number of fused-ring (bicyclic) bond motifs is 1. The molecule has 1 aliphatic rings. The molecule has 0 aliphatic carbocycles. The van der Waals surface area contributed by atoms with E-state index in [-0.39, 0.29) is 24.6 Å². The Hall–Kier alpha value is -5.25. The lowest BCUT2D eigenvalue weighted by atomic mass is 10.0. The van der Waals surface area contributed by atoms with Crippen LogP contribution in [-0.4, -0.2) is 58.5 Å². The van der Waals surface area contributed by atoms with Crippen LogP contribution in [0.5, 0.6) is 5.88 Å². The highest BCUT2D eigenvalue weighted by atomic mass is 19.1. The Morgan fingerprint density at radius 3 is 2.32 bits per heavy atom. The van der Waals surface area contributed by atoms with Gasteiger partial charge in [0.1, 0.15) is 5.82 Å². The Labute approximate surface area is 313 Å². The van der Waals surface area contributed by atoms with E-state index in [2.05, 4.69) is 85.9 Å². The Kier molecular flexibility index (Phi) is 15.7. The third kappa shape index (κ3) is 12.4. The molecule has 2 aromatic heterocycles. The summed E-state index contributed by atoms with van der Waals surface area (Å²) in [5.41, 5.74) is 3.02. The number of para-hydroxylation sites is 2. The molecular weight excluding hydrogens is 668 g/mol. The van der Waals surface area contributed by atoms with Crippen LogP contribution in [0.1, 0.15) is 76.7 Å². The normalized spacial score (nSPS) is 14.1. The summed E-state index contributed by atoms with van der Waals surface area (Å²) in [6.07, 6.45) is 27.9. The number of carbonyl (C=O) groups is 1. The van der Waals surface area contributed by atoms with Gasteiger partial charge in [-0.2, -0.15) is 4.98 Å². The van der Waals surface area contributed by atoms with Crippen LogP contribution in [0.25, 0.3) is 11.0 Å². The quantitative estimate of drug-likeness (QED) is 0.0387. The van der Waals surface area contributed by atoms with Crippen molar-refractivity contribution in [2.45, 2.75) is 83.7 Å². The number of hydrogen-bond donors (Lipinski definition) is 0. The number of esters is 1. The zero-order valence-corrected chi connectivity index (χ0v) is 31.2. The third-order valence-corrected chi connectivity index (χ3v) is 9.26. The van der Waals surface area contributed by atoms with Gasteiger partial charge in [-0.3, -0.25) is 4.79 Å². The Morgan fingerprint density at radius 1 is 0.887 bits per heavy atom. The molecule has 280 valence electrons. The van der Waals surface area contributed by atoms with E-state index in [0.29, 0.717) is 24.8 Å². The molecule has 5 rings (SSSR count). The zero-order chi connectivity index (χ0) is 37.1. The lowest BCUT2D eigenvalue weighted by Gasteiger charge is -2.37. The predicted octanol–water partition coefficient (Wildman–Crippen LogP) is 9.36. The molecule has 1 saturated heterocycles. The fraction of sp³-hybridized carbons (Fsp3) is 0.395. The first-order valence-corrected chi connectivity index (χ1v) is 18.9. The smallest absolute Gasteiger partial charge is 0.308 e. The van der Waals surface area contributed by atoms with Crippen LogP contribution in [-0.2, 0) is 16.1 Å². The standard InChI is InChI=1S/C43H53FN6O3/c1-3-4-5-6-7-8-9-10-11-12-13-14-15-16-17-22-41(51)53-34-52-40-27-30-45-42(47-40)48(2)37-28-31-49(32-29-37)43-46-38-20-18-19-21-39(38)50(43)33-35-23-25-36(44)26-24-35/h4-5,7-8,10-11,13-14,18-21,23-27,30,37H,3,6,9,12,15-17,22,28-29,31-34H2,1-2H3. The minimum atomic E-state index is -0.278. The van der Waals surface area contributed by atoms with Crippen molar-refractivity contribution in [1.29, 1.82) is 0 Å². The first-order chi connectivity index (χ1) is 26.0. The fourth-order valence-corrected chi connectivity index (χ4v) is 6.29. The maximum atomic E-state index is 13.6. The van der Waals surface area contributed by atoms with Crippen LogP contribution < -0.4 is 14.5 Å². The average molecular weight is 721 g/mol. The van der Waals surface area contributed by atoms with Crippen molar-refractivity contribution < 1.29 is 18.7 Å². The van der Waals surface area contributed by atoms with Crippen molar-refractivity contribution in [2.75, 3.05) is 36.7 Å². The Balaban J connectivity index is 0.998. The van der Waals surface area contributed by atoms with Crippen molar-refractivity contribution in [3.8, 4) is 5.88 Å². The summed E-state index contributed by atoms with van der Waals surface area (Å²) in [4.78, 5) is 30.7. The molecule has 0 atom stereocenters. The fourth-order valence-electron chi connectivity index (χ4n) is 6.29. The summed E-state index contributed by atoms with van der Waals surface area (Å²) in [7, 11) is 2.00. The van der Waals surface area contributed by atoms with E-state index in [9.17, 15) is 9.18 Å². The molecule has 9 nitrogen and oxygen atoms in total. The average Bonchev–Trinajstić information content (AvgIpc) is 3.55. The van der Waals surface area contributed by atoms with E-state index in [0.717, 1.165) is 93.4 Å². The van der Waals surface area contributed by atoms with Gasteiger partial charge in [0.25, 0.3) is 0 Å². The van der Waals surface area contributed by atoms with E-state index in [1.807, 2.05) is 37.4 Å². The molecule has 0 radical (unpaired) electrons. The van der Waals surface area contributed by atoms with Crippen molar-refractivity contribution >= 4 is 28.9 Å². The van der Waals surface area contributed by atoms with E-state index >= 15 is 0 Å². The van der Waals surface area contributed by atoms with E-state index < -0.39 is 0 Å².